The van der Waals surface area contributed by atoms with Crippen molar-refractivity contribution in [3.63, 3.8) is 0 Å². The van der Waals surface area contributed by atoms with Crippen LogP contribution in [0.3, 0.4) is 0 Å². The van der Waals surface area contributed by atoms with Gasteiger partial charge in [-0.1, -0.05) is 41.4 Å². The Morgan fingerprint density at radius 2 is 2.03 bits per heavy atom. The molecule has 0 fully saturated rings. The first-order valence-corrected chi connectivity index (χ1v) is 10.1. The fourth-order valence-corrected chi connectivity index (χ4v) is 3.50. The first-order chi connectivity index (χ1) is 13.8. The fraction of sp³-hybridized carbons (Fsp3) is 0.250. The molecule has 0 aliphatic heterocycles. The van der Waals surface area contributed by atoms with Gasteiger partial charge in [-0.3, -0.25) is 4.79 Å². The summed E-state index contributed by atoms with van der Waals surface area (Å²) in [5.74, 6) is 1.51. The number of hydrogen-bond donors (Lipinski definition) is 1. The van der Waals surface area contributed by atoms with Crippen molar-refractivity contribution < 1.29 is 4.79 Å². The molecular weight excluding hydrogens is 456 g/mol. The van der Waals surface area contributed by atoms with Gasteiger partial charge in [0.2, 0.25) is 0 Å². The van der Waals surface area contributed by atoms with Gasteiger partial charge >= 0.3 is 0 Å². The van der Waals surface area contributed by atoms with E-state index in [4.69, 9.17) is 16.9 Å². The van der Waals surface area contributed by atoms with Gasteiger partial charge in [0.15, 0.2) is 17.5 Å². The number of halogens is 2. The molecule has 2 heterocycles. The topological polar surface area (TPSA) is 96.5 Å². The third-order valence-corrected chi connectivity index (χ3v) is 4.79. The molecule has 7 nitrogen and oxygen atoms in total. The molecule has 3 rings (SSSR count). The van der Waals surface area contributed by atoms with E-state index in [0.717, 1.165) is 4.47 Å². The van der Waals surface area contributed by atoms with Crippen LogP contribution in [0.5, 0.6) is 0 Å². The third kappa shape index (κ3) is 4.81. The minimum Gasteiger partial charge on any atom is -0.342 e. The van der Waals surface area contributed by atoms with E-state index in [-0.39, 0.29) is 11.8 Å². The van der Waals surface area contributed by atoms with E-state index in [9.17, 15) is 4.79 Å². The van der Waals surface area contributed by atoms with Gasteiger partial charge in [-0.2, -0.15) is 9.94 Å². The predicted octanol–water partition coefficient (Wildman–Crippen LogP) is 4.56. The van der Waals surface area contributed by atoms with E-state index in [1.54, 1.807) is 35.0 Å². The Morgan fingerprint density at radius 3 is 2.62 bits per heavy atom. The highest BCUT2D eigenvalue weighted by atomic mass is 79.9. The number of nitrogens with one attached hydrogen (secondary N) is 1. The molecule has 1 N–H and O–H groups in total. The molecule has 29 heavy (non-hydrogen) atoms. The Bertz CT molecular complexity index is 1070. The summed E-state index contributed by atoms with van der Waals surface area (Å²) in [6.45, 7) is 5.80. The molecule has 1 aromatic carbocycles. The third-order valence-electron chi connectivity index (χ3n) is 4.12. The fourth-order valence-electron chi connectivity index (χ4n) is 2.64. The SMILES string of the molecule is CC(C)c1nc([C@H](C)NC(=O)c2cc(Cl)cc(Br)c2)n(-c2ccc(C#N)cn2)n1. The van der Waals surface area contributed by atoms with Crippen LogP contribution < -0.4 is 5.32 Å². The molecule has 0 radical (unpaired) electrons. The molecule has 0 unspecified atom stereocenters. The predicted molar refractivity (Wildman–Crippen MR) is 113 cm³/mol. The number of aromatic nitrogens is 4. The van der Waals surface area contributed by atoms with Crippen LogP contribution >= 0.6 is 27.5 Å². The number of rotatable bonds is 5. The number of pyridine rings is 1. The van der Waals surface area contributed by atoms with Crippen LogP contribution in [-0.2, 0) is 0 Å². The van der Waals surface area contributed by atoms with Gasteiger partial charge in [0.1, 0.15) is 6.07 Å². The van der Waals surface area contributed by atoms with Gasteiger partial charge in [0.25, 0.3) is 5.91 Å². The Labute approximate surface area is 181 Å². The standard InChI is InChI=1S/C20H18BrClN6O/c1-11(2)18-26-19(28(27-18)17-5-4-13(9-23)10-24-17)12(3)25-20(29)14-6-15(21)8-16(22)7-14/h4-8,10-12H,1-3H3,(H,25,29)/t12-/m0/s1. The lowest BCUT2D eigenvalue weighted by Crippen LogP contribution is -2.28. The highest BCUT2D eigenvalue weighted by Crippen LogP contribution is 2.22. The molecule has 0 aliphatic rings. The van der Waals surface area contributed by atoms with Gasteiger partial charge in [0.05, 0.1) is 11.6 Å². The molecule has 0 bridgehead atoms. The first kappa shape index (κ1) is 21.0. The minimum absolute atomic E-state index is 0.0974. The summed E-state index contributed by atoms with van der Waals surface area (Å²) in [6.07, 6.45) is 1.47. The maximum Gasteiger partial charge on any atom is 0.251 e. The smallest absolute Gasteiger partial charge is 0.251 e. The van der Waals surface area contributed by atoms with E-state index in [0.29, 0.717) is 33.6 Å². The zero-order valence-corrected chi connectivity index (χ0v) is 18.4. The van der Waals surface area contributed by atoms with Gasteiger partial charge in [-0.15, -0.1) is 5.10 Å². The van der Waals surface area contributed by atoms with Crippen molar-refractivity contribution in [3.05, 3.63) is 68.8 Å². The normalized spacial score (nSPS) is 11.9. The van der Waals surface area contributed by atoms with Gasteiger partial charge in [0, 0.05) is 27.2 Å². The maximum absolute atomic E-state index is 12.7. The molecule has 3 aromatic rings. The van der Waals surface area contributed by atoms with Crippen molar-refractivity contribution in [1.82, 2.24) is 25.1 Å². The van der Waals surface area contributed by atoms with Crippen molar-refractivity contribution in [1.29, 1.82) is 5.26 Å². The van der Waals surface area contributed by atoms with Gasteiger partial charge < -0.3 is 5.32 Å². The number of carbonyl (C=O) groups is 1. The summed E-state index contributed by atoms with van der Waals surface area (Å²) in [7, 11) is 0. The minimum atomic E-state index is -0.447. The van der Waals surface area contributed by atoms with E-state index in [1.807, 2.05) is 26.8 Å². The highest BCUT2D eigenvalue weighted by Gasteiger charge is 2.22. The molecule has 0 saturated heterocycles. The van der Waals surface area contributed by atoms with Crippen LogP contribution in [0, 0.1) is 11.3 Å². The average Bonchev–Trinajstić information content (AvgIpc) is 3.13. The van der Waals surface area contributed by atoms with Crippen molar-refractivity contribution in [2.75, 3.05) is 0 Å². The number of nitriles is 1. The van der Waals surface area contributed by atoms with Crippen molar-refractivity contribution in [2.24, 2.45) is 0 Å². The van der Waals surface area contributed by atoms with Crippen LogP contribution in [-0.4, -0.2) is 25.7 Å². The van der Waals surface area contributed by atoms with Crippen LogP contribution in [0.4, 0.5) is 0 Å². The van der Waals surface area contributed by atoms with Crippen LogP contribution in [0.25, 0.3) is 5.82 Å². The zero-order valence-electron chi connectivity index (χ0n) is 16.0. The lowest BCUT2D eigenvalue weighted by Gasteiger charge is -2.14. The summed E-state index contributed by atoms with van der Waals surface area (Å²) >= 11 is 9.39. The Balaban J connectivity index is 1.93. The van der Waals surface area contributed by atoms with Crippen molar-refractivity contribution >= 4 is 33.4 Å². The number of hydrogen-bond acceptors (Lipinski definition) is 5. The Hall–Kier alpha value is -2.76. The van der Waals surface area contributed by atoms with E-state index in [1.165, 1.54) is 6.20 Å². The second-order valence-electron chi connectivity index (χ2n) is 6.76. The van der Waals surface area contributed by atoms with E-state index < -0.39 is 6.04 Å². The first-order valence-electron chi connectivity index (χ1n) is 8.89. The number of carbonyl (C=O) groups excluding carboxylic acids is 1. The summed E-state index contributed by atoms with van der Waals surface area (Å²) in [5, 5.41) is 16.9. The van der Waals surface area contributed by atoms with Crippen LogP contribution in [0.1, 0.15) is 60.3 Å². The molecule has 1 atom stereocenters. The second-order valence-corrected chi connectivity index (χ2v) is 8.12. The van der Waals surface area contributed by atoms with Gasteiger partial charge in [-0.25, -0.2) is 9.97 Å². The van der Waals surface area contributed by atoms with Crippen molar-refractivity contribution in [2.45, 2.75) is 32.7 Å². The zero-order chi connectivity index (χ0) is 21.1. The quantitative estimate of drug-likeness (QED) is 0.586. The molecular formula is C20H18BrClN6O. The Kier molecular flexibility index (Phi) is 6.30. The molecule has 0 aliphatic carbocycles. The summed E-state index contributed by atoms with van der Waals surface area (Å²) in [6, 6.07) is 9.96. The lowest BCUT2D eigenvalue weighted by atomic mass is 10.2. The monoisotopic (exact) mass is 472 g/mol. The second kappa shape index (κ2) is 8.72. The van der Waals surface area contributed by atoms with Crippen molar-refractivity contribution in [3.8, 4) is 11.9 Å². The van der Waals surface area contributed by atoms with E-state index in [2.05, 4.69) is 36.3 Å². The summed E-state index contributed by atoms with van der Waals surface area (Å²) in [4.78, 5) is 21.6. The van der Waals surface area contributed by atoms with Gasteiger partial charge in [-0.05, 0) is 37.3 Å². The molecule has 2 aromatic heterocycles. The summed E-state index contributed by atoms with van der Waals surface area (Å²) in [5.41, 5.74) is 0.884. The average molecular weight is 474 g/mol. The number of nitrogens with zero attached hydrogens (tertiary/aromatic N) is 5. The van der Waals surface area contributed by atoms with Crippen LogP contribution in [0.2, 0.25) is 5.02 Å². The molecule has 1 amide bonds. The Morgan fingerprint density at radius 1 is 1.28 bits per heavy atom. The lowest BCUT2D eigenvalue weighted by molar-refractivity contribution is 0.0938. The van der Waals surface area contributed by atoms with Crippen LogP contribution in [0.15, 0.2) is 41.0 Å². The summed E-state index contributed by atoms with van der Waals surface area (Å²) < 4.78 is 2.31. The molecule has 0 saturated carbocycles. The van der Waals surface area contributed by atoms with E-state index >= 15 is 0 Å². The molecule has 0 spiro atoms. The largest absolute Gasteiger partial charge is 0.342 e. The molecule has 9 heteroatoms. The number of benzene rings is 1. The number of amides is 1. The highest BCUT2D eigenvalue weighted by molar-refractivity contribution is 9.10. The molecule has 148 valence electrons. The maximum atomic E-state index is 12.7.